The van der Waals surface area contributed by atoms with Gasteiger partial charge in [-0.2, -0.15) is 0 Å². The standard InChI is InChI=1S/C10H15NO3S2/c1-6(12)3-4-8(15)9-7(2)11(5-16-9)10(13)14/h7,9H,3-5H2,1-2H3,(H,13,14). The zero-order valence-electron chi connectivity index (χ0n) is 9.30. The third-order valence-electron chi connectivity index (χ3n) is 2.61. The summed E-state index contributed by atoms with van der Waals surface area (Å²) in [5.74, 6) is 0.578. The van der Waals surface area contributed by atoms with E-state index in [-0.39, 0.29) is 17.1 Å². The predicted molar refractivity (Wildman–Crippen MR) is 68.1 cm³/mol. The SMILES string of the molecule is CC(=O)CCC(=S)C1SCN(C(=O)O)C1C. The summed E-state index contributed by atoms with van der Waals surface area (Å²) in [6.45, 7) is 3.40. The zero-order chi connectivity index (χ0) is 12.3. The Bertz CT molecular complexity index is 319. The molecule has 1 saturated heterocycles. The monoisotopic (exact) mass is 261 g/mol. The number of amides is 1. The number of carbonyl (C=O) groups excluding carboxylic acids is 1. The molecule has 0 aromatic carbocycles. The van der Waals surface area contributed by atoms with E-state index >= 15 is 0 Å². The van der Waals surface area contributed by atoms with Crippen LogP contribution in [0.25, 0.3) is 0 Å². The van der Waals surface area contributed by atoms with Crippen molar-refractivity contribution in [3.05, 3.63) is 0 Å². The summed E-state index contributed by atoms with van der Waals surface area (Å²) in [5.41, 5.74) is 0. The molecule has 0 radical (unpaired) electrons. The van der Waals surface area contributed by atoms with Gasteiger partial charge < -0.3 is 9.90 Å². The number of hydrogen-bond acceptors (Lipinski definition) is 4. The minimum atomic E-state index is -0.906. The van der Waals surface area contributed by atoms with Gasteiger partial charge >= 0.3 is 6.09 Å². The van der Waals surface area contributed by atoms with E-state index < -0.39 is 6.09 Å². The van der Waals surface area contributed by atoms with Crippen molar-refractivity contribution in [2.45, 2.75) is 38.0 Å². The lowest BCUT2D eigenvalue weighted by Crippen LogP contribution is -2.38. The van der Waals surface area contributed by atoms with Crippen LogP contribution < -0.4 is 0 Å². The summed E-state index contributed by atoms with van der Waals surface area (Å²) in [4.78, 5) is 23.9. The highest BCUT2D eigenvalue weighted by atomic mass is 32.2. The number of carboxylic acid groups (broad SMARTS) is 1. The summed E-state index contributed by atoms with van der Waals surface area (Å²) in [6.07, 6.45) is 0.132. The fraction of sp³-hybridized carbons (Fsp3) is 0.700. The minimum absolute atomic E-state index is 0.0467. The van der Waals surface area contributed by atoms with Gasteiger partial charge in [0.1, 0.15) is 5.78 Å². The smallest absolute Gasteiger partial charge is 0.408 e. The average molecular weight is 261 g/mol. The molecule has 0 aromatic heterocycles. The average Bonchev–Trinajstić information content (AvgIpc) is 2.56. The molecule has 1 aliphatic heterocycles. The second-order valence-corrected chi connectivity index (χ2v) is 5.50. The summed E-state index contributed by atoms with van der Waals surface area (Å²) in [5, 5.41) is 8.96. The Labute approximate surface area is 104 Å². The first-order valence-electron chi connectivity index (χ1n) is 5.06. The number of carbonyl (C=O) groups is 2. The molecule has 1 aliphatic rings. The Hall–Kier alpha value is -0.620. The number of nitrogens with zero attached hydrogens (tertiary/aromatic N) is 1. The summed E-state index contributed by atoms with van der Waals surface area (Å²) in [6, 6.07) is -0.0954. The van der Waals surface area contributed by atoms with Crippen LogP contribution in [-0.4, -0.2) is 43.9 Å². The normalized spacial score (nSPS) is 24.5. The van der Waals surface area contributed by atoms with Gasteiger partial charge in [0.15, 0.2) is 0 Å². The molecule has 6 heteroatoms. The highest BCUT2D eigenvalue weighted by Gasteiger charge is 2.36. The molecule has 0 bridgehead atoms. The third-order valence-corrected chi connectivity index (χ3v) is 4.68. The maximum atomic E-state index is 10.9. The fourth-order valence-electron chi connectivity index (χ4n) is 1.61. The van der Waals surface area contributed by atoms with Crippen LogP contribution in [0.15, 0.2) is 0 Å². The van der Waals surface area contributed by atoms with E-state index in [9.17, 15) is 9.59 Å². The molecule has 1 heterocycles. The van der Waals surface area contributed by atoms with Gasteiger partial charge in [0.05, 0.1) is 11.1 Å². The van der Waals surface area contributed by atoms with Gasteiger partial charge in [-0.1, -0.05) is 12.2 Å². The van der Waals surface area contributed by atoms with Gasteiger partial charge in [-0.25, -0.2) is 4.79 Å². The maximum absolute atomic E-state index is 10.9. The first-order chi connectivity index (χ1) is 7.43. The number of thioether (sulfide) groups is 1. The van der Waals surface area contributed by atoms with E-state index in [1.807, 2.05) is 6.92 Å². The lowest BCUT2D eigenvalue weighted by atomic mass is 10.1. The fourth-order valence-corrected chi connectivity index (χ4v) is 3.51. The molecule has 0 saturated carbocycles. The van der Waals surface area contributed by atoms with E-state index in [4.69, 9.17) is 17.3 Å². The van der Waals surface area contributed by atoms with Crippen LogP contribution in [0.3, 0.4) is 0 Å². The lowest BCUT2D eigenvalue weighted by Gasteiger charge is -2.21. The van der Waals surface area contributed by atoms with Crippen molar-refractivity contribution < 1.29 is 14.7 Å². The molecule has 16 heavy (non-hydrogen) atoms. The van der Waals surface area contributed by atoms with Gasteiger partial charge in [0.25, 0.3) is 0 Å². The molecule has 2 unspecified atom stereocenters. The Morgan fingerprint density at radius 2 is 2.12 bits per heavy atom. The van der Waals surface area contributed by atoms with Crippen LogP contribution in [0, 0.1) is 0 Å². The molecule has 1 N–H and O–H groups in total. The molecule has 0 aromatic rings. The quantitative estimate of drug-likeness (QED) is 0.786. The van der Waals surface area contributed by atoms with Crippen LogP contribution in [0.4, 0.5) is 4.79 Å². The first kappa shape index (κ1) is 13.4. The highest BCUT2D eigenvalue weighted by Crippen LogP contribution is 2.31. The number of ketones is 1. The predicted octanol–water partition coefficient (Wildman–Crippen LogP) is 2.17. The van der Waals surface area contributed by atoms with Crippen LogP contribution in [-0.2, 0) is 4.79 Å². The van der Waals surface area contributed by atoms with E-state index in [1.165, 1.54) is 23.6 Å². The first-order valence-corrected chi connectivity index (χ1v) is 6.52. The van der Waals surface area contributed by atoms with Crippen molar-refractivity contribution in [1.82, 2.24) is 4.90 Å². The van der Waals surface area contributed by atoms with Gasteiger partial charge in [-0.15, -0.1) is 11.8 Å². The van der Waals surface area contributed by atoms with Gasteiger partial charge in [0, 0.05) is 17.3 Å². The highest BCUT2D eigenvalue weighted by molar-refractivity contribution is 8.02. The maximum Gasteiger partial charge on any atom is 0.408 e. The number of Topliss-reactive ketones (excluding diaryl/α,β-unsaturated/α-hetero) is 1. The number of thiocarbonyl (C=S) groups is 1. The Morgan fingerprint density at radius 3 is 2.56 bits per heavy atom. The molecular weight excluding hydrogens is 246 g/mol. The van der Waals surface area contributed by atoms with Crippen molar-refractivity contribution >= 4 is 40.7 Å². The van der Waals surface area contributed by atoms with Crippen molar-refractivity contribution in [3.63, 3.8) is 0 Å². The van der Waals surface area contributed by atoms with E-state index in [1.54, 1.807) is 0 Å². The van der Waals surface area contributed by atoms with Crippen molar-refractivity contribution in [2.24, 2.45) is 0 Å². The van der Waals surface area contributed by atoms with E-state index in [0.29, 0.717) is 18.7 Å². The van der Waals surface area contributed by atoms with Crippen molar-refractivity contribution in [1.29, 1.82) is 0 Å². The number of rotatable bonds is 4. The van der Waals surface area contributed by atoms with E-state index in [2.05, 4.69) is 0 Å². The summed E-state index contributed by atoms with van der Waals surface area (Å²) >= 11 is 6.80. The Kier molecular flexibility index (Phi) is 4.73. The number of hydrogen-bond donors (Lipinski definition) is 1. The lowest BCUT2D eigenvalue weighted by molar-refractivity contribution is -0.116. The van der Waals surface area contributed by atoms with Crippen molar-refractivity contribution in [3.8, 4) is 0 Å². The molecule has 1 fully saturated rings. The molecular formula is C10H15NO3S2. The van der Waals surface area contributed by atoms with Crippen LogP contribution in [0.2, 0.25) is 0 Å². The second kappa shape index (κ2) is 5.63. The zero-order valence-corrected chi connectivity index (χ0v) is 10.9. The molecule has 4 nitrogen and oxygen atoms in total. The van der Waals surface area contributed by atoms with Crippen LogP contribution in [0.5, 0.6) is 0 Å². The van der Waals surface area contributed by atoms with E-state index in [0.717, 1.165) is 4.86 Å². The summed E-state index contributed by atoms with van der Waals surface area (Å²) in [7, 11) is 0. The topological polar surface area (TPSA) is 57.6 Å². The van der Waals surface area contributed by atoms with Gasteiger partial charge in [-0.05, 0) is 20.3 Å². The molecule has 0 aliphatic carbocycles. The molecule has 1 amide bonds. The molecule has 2 atom stereocenters. The van der Waals surface area contributed by atoms with Crippen LogP contribution in [0.1, 0.15) is 26.7 Å². The molecule has 90 valence electrons. The Balaban J connectivity index is 2.53. The van der Waals surface area contributed by atoms with Crippen LogP contribution >= 0.6 is 24.0 Å². The summed E-state index contributed by atoms with van der Waals surface area (Å²) < 4.78 is 0. The van der Waals surface area contributed by atoms with Crippen molar-refractivity contribution in [2.75, 3.05) is 5.88 Å². The molecule has 0 spiro atoms. The Morgan fingerprint density at radius 1 is 1.50 bits per heavy atom. The molecule has 1 rings (SSSR count). The van der Waals surface area contributed by atoms with Gasteiger partial charge in [0.2, 0.25) is 0 Å². The largest absolute Gasteiger partial charge is 0.465 e. The third kappa shape index (κ3) is 3.18. The van der Waals surface area contributed by atoms with Gasteiger partial charge in [-0.3, -0.25) is 4.90 Å². The minimum Gasteiger partial charge on any atom is -0.465 e. The second-order valence-electron chi connectivity index (χ2n) is 3.88.